The Balaban J connectivity index is 2.42. The molecule has 0 radical (unpaired) electrons. The Kier molecular flexibility index (Phi) is 4.72. The molecule has 100 valence electrons. The normalized spacial score (nSPS) is 12.4. The third kappa shape index (κ3) is 3.43. The van der Waals surface area contributed by atoms with Crippen LogP contribution in [0.3, 0.4) is 0 Å². The van der Waals surface area contributed by atoms with E-state index in [1.165, 1.54) is 17.2 Å². The standard InChI is InChI=1S/C16H17BrFN/c1-3-19-16(12-6-4-5-11(2)9-12)13-7-8-15(18)14(17)10-13/h4-10,16,19H,3H2,1-2H3. The number of aryl methyl sites for hydroxylation is 1. The fraction of sp³-hybridized carbons (Fsp3) is 0.250. The molecule has 1 atom stereocenters. The summed E-state index contributed by atoms with van der Waals surface area (Å²) >= 11 is 3.25. The van der Waals surface area contributed by atoms with Gasteiger partial charge in [-0.15, -0.1) is 0 Å². The van der Waals surface area contributed by atoms with Gasteiger partial charge < -0.3 is 5.32 Å². The second-order valence-corrected chi connectivity index (χ2v) is 5.43. The molecule has 2 aromatic rings. The van der Waals surface area contributed by atoms with Gasteiger partial charge in [0, 0.05) is 0 Å². The Morgan fingerprint density at radius 1 is 1.16 bits per heavy atom. The maximum Gasteiger partial charge on any atom is 0.137 e. The lowest BCUT2D eigenvalue weighted by atomic mass is 9.97. The van der Waals surface area contributed by atoms with E-state index in [9.17, 15) is 4.39 Å². The Bertz CT molecular complexity index is 568. The van der Waals surface area contributed by atoms with Crippen LogP contribution in [0.25, 0.3) is 0 Å². The van der Waals surface area contributed by atoms with Gasteiger partial charge in [-0.25, -0.2) is 4.39 Å². The van der Waals surface area contributed by atoms with E-state index in [2.05, 4.69) is 53.3 Å². The Morgan fingerprint density at radius 3 is 2.53 bits per heavy atom. The molecule has 2 rings (SSSR count). The predicted octanol–water partition coefficient (Wildman–Crippen LogP) is 4.60. The first-order valence-corrected chi connectivity index (χ1v) is 7.16. The van der Waals surface area contributed by atoms with E-state index in [0.29, 0.717) is 4.47 Å². The topological polar surface area (TPSA) is 12.0 Å². The molecule has 0 fully saturated rings. The lowest BCUT2D eigenvalue weighted by molar-refractivity contribution is 0.608. The van der Waals surface area contributed by atoms with Crippen molar-refractivity contribution in [3.8, 4) is 0 Å². The van der Waals surface area contributed by atoms with E-state index in [1.54, 1.807) is 0 Å². The van der Waals surface area contributed by atoms with E-state index < -0.39 is 0 Å². The van der Waals surface area contributed by atoms with Gasteiger partial charge in [-0.2, -0.15) is 0 Å². The molecular weight excluding hydrogens is 305 g/mol. The Hall–Kier alpha value is -1.19. The van der Waals surface area contributed by atoms with Crippen LogP contribution < -0.4 is 5.32 Å². The zero-order valence-electron chi connectivity index (χ0n) is 11.1. The summed E-state index contributed by atoms with van der Waals surface area (Å²) < 4.78 is 13.8. The molecule has 1 unspecified atom stereocenters. The average Bonchev–Trinajstić information content (AvgIpc) is 2.39. The quantitative estimate of drug-likeness (QED) is 0.868. The van der Waals surface area contributed by atoms with Gasteiger partial charge in [0.05, 0.1) is 10.5 Å². The van der Waals surface area contributed by atoms with E-state index in [0.717, 1.165) is 12.1 Å². The molecule has 0 aliphatic rings. The molecule has 0 spiro atoms. The van der Waals surface area contributed by atoms with Crippen LogP contribution in [0.5, 0.6) is 0 Å². The SMILES string of the molecule is CCNC(c1cccc(C)c1)c1ccc(F)c(Br)c1. The summed E-state index contributed by atoms with van der Waals surface area (Å²) in [5.41, 5.74) is 3.47. The molecular formula is C16H17BrFN. The van der Waals surface area contributed by atoms with Gasteiger partial charge in [0.2, 0.25) is 0 Å². The third-order valence-electron chi connectivity index (χ3n) is 3.06. The van der Waals surface area contributed by atoms with Crippen LogP contribution in [0, 0.1) is 12.7 Å². The first kappa shape index (κ1) is 14.2. The molecule has 3 heteroatoms. The van der Waals surface area contributed by atoms with Crippen molar-refractivity contribution in [1.29, 1.82) is 0 Å². The highest BCUT2D eigenvalue weighted by Crippen LogP contribution is 2.26. The van der Waals surface area contributed by atoms with Crippen LogP contribution in [0.4, 0.5) is 4.39 Å². The molecule has 0 bridgehead atoms. The van der Waals surface area contributed by atoms with Crippen LogP contribution in [0.2, 0.25) is 0 Å². The summed E-state index contributed by atoms with van der Waals surface area (Å²) in [5, 5.41) is 3.45. The van der Waals surface area contributed by atoms with Crippen molar-refractivity contribution >= 4 is 15.9 Å². The van der Waals surface area contributed by atoms with Gasteiger partial charge in [-0.3, -0.25) is 0 Å². The van der Waals surface area contributed by atoms with Crippen molar-refractivity contribution in [2.75, 3.05) is 6.54 Å². The zero-order valence-corrected chi connectivity index (χ0v) is 12.7. The lowest BCUT2D eigenvalue weighted by Gasteiger charge is -2.20. The van der Waals surface area contributed by atoms with E-state index in [4.69, 9.17) is 0 Å². The van der Waals surface area contributed by atoms with E-state index >= 15 is 0 Å². The third-order valence-corrected chi connectivity index (χ3v) is 3.67. The van der Waals surface area contributed by atoms with Crippen molar-refractivity contribution in [3.05, 3.63) is 69.4 Å². The first-order chi connectivity index (χ1) is 9.11. The highest BCUT2D eigenvalue weighted by Gasteiger charge is 2.14. The number of hydrogen-bond donors (Lipinski definition) is 1. The molecule has 2 aromatic carbocycles. The van der Waals surface area contributed by atoms with E-state index in [-0.39, 0.29) is 11.9 Å². The fourth-order valence-electron chi connectivity index (χ4n) is 2.17. The maximum absolute atomic E-state index is 13.3. The average molecular weight is 322 g/mol. The molecule has 19 heavy (non-hydrogen) atoms. The number of halogens is 2. The molecule has 0 aromatic heterocycles. The van der Waals surface area contributed by atoms with Gasteiger partial charge in [0.15, 0.2) is 0 Å². The van der Waals surface area contributed by atoms with Gasteiger partial charge in [0.1, 0.15) is 5.82 Å². The summed E-state index contributed by atoms with van der Waals surface area (Å²) in [6, 6.07) is 13.6. The first-order valence-electron chi connectivity index (χ1n) is 6.36. The predicted molar refractivity (Wildman–Crippen MR) is 80.8 cm³/mol. The molecule has 0 heterocycles. The highest BCUT2D eigenvalue weighted by atomic mass is 79.9. The summed E-state index contributed by atoms with van der Waals surface area (Å²) in [5.74, 6) is -0.233. The fourth-order valence-corrected chi connectivity index (χ4v) is 2.57. The number of hydrogen-bond acceptors (Lipinski definition) is 1. The Labute approximate surface area is 122 Å². The molecule has 0 saturated carbocycles. The minimum atomic E-state index is -0.233. The van der Waals surface area contributed by atoms with E-state index in [1.807, 2.05) is 18.2 Å². The summed E-state index contributed by atoms with van der Waals surface area (Å²) in [6.45, 7) is 5.00. The molecule has 0 amide bonds. The largest absolute Gasteiger partial charge is 0.307 e. The monoisotopic (exact) mass is 321 g/mol. The number of rotatable bonds is 4. The van der Waals surface area contributed by atoms with Gasteiger partial charge in [-0.1, -0.05) is 42.8 Å². The smallest absolute Gasteiger partial charge is 0.137 e. The molecule has 0 aliphatic heterocycles. The van der Waals surface area contributed by atoms with Crippen molar-refractivity contribution < 1.29 is 4.39 Å². The zero-order chi connectivity index (χ0) is 13.8. The number of benzene rings is 2. The lowest BCUT2D eigenvalue weighted by Crippen LogP contribution is -2.22. The van der Waals surface area contributed by atoms with Gasteiger partial charge in [0.25, 0.3) is 0 Å². The van der Waals surface area contributed by atoms with Crippen LogP contribution in [0.1, 0.15) is 29.7 Å². The molecule has 1 N–H and O–H groups in total. The van der Waals surface area contributed by atoms with Crippen molar-refractivity contribution in [2.45, 2.75) is 19.9 Å². The van der Waals surface area contributed by atoms with Crippen LogP contribution in [-0.2, 0) is 0 Å². The van der Waals surface area contributed by atoms with Gasteiger partial charge in [-0.05, 0) is 52.7 Å². The van der Waals surface area contributed by atoms with Crippen molar-refractivity contribution in [1.82, 2.24) is 5.32 Å². The van der Waals surface area contributed by atoms with Crippen LogP contribution in [-0.4, -0.2) is 6.54 Å². The minimum absolute atomic E-state index is 0.0850. The molecule has 0 saturated heterocycles. The second kappa shape index (κ2) is 6.31. The Morgan fingerprint density at radius 2 is 1.89 bits per heavy atom. The summed E-state index contributed by atoms with van der Waals surface area (Å²) in [4.78, 5) is 0. The van der Waals surface area contributed by atoms with Gasteiger partial charge >= 0.3 is 0 Å². The van der Waals surface area contributed by atoms with Crippen molar-refractivity contribution in [2.24, 2.45) is 0 Å². The van der Waals surface area contributed by atoms with Crippen molar-refractivity contribution in [3.63, 3.8) is 0 Å². The molecule has 0 aliphatic carbocycles. The maximum atomic E-state index is 13.3. The highest BCUT2D eigenvalue weighted by molar-refractivity contribution is 9.10. The summed E-state index contributed by atoms with van der Waals surface area (Å²) in [6.07, 6.45) is 0. The van der Waals surface area contributed by atoms with Crippen LogP contribution in [0.15, 0.2) is 46.9 Å². The molecule has 1 nitrogen and oxygen atoms in total. The van der Waals surface area contributed by atoms with Crippen LogP contribution >= 0.6 is 15.9 Å². The second-order valence-electron chi connectivity index (χ2n) is 4.58. The minimum Gasteiger partial charge on any atom is -0.307 e. The summed E-state index contributed by atoms with van der Waals surface area (Å²) in [7, 11) is 0. The number of nitrogens with one attached hydrogen (secondary N) is 1.